The fraction of sp³-hybridized carbons (Fsp3) is 0.781. The van der Waals surface area contributed by atoms with Crippen LogP contribution in [0.25, 0.3) is 0 Å². The lowest BCUT2D eigenvalue weighted by molar-refractivity contribution is -0.144. The fourth-order valence-corrected chi connectivity index (χ4v) is 9.68. The minimum atomic E-state index is -2.98. The second-order valence-corrected chi connectivity index (χ2v) is 15.8. The van der Waals surface area contributed by atoms with Gasteiger partial charge in [-0.2, -0.15) is 0 Å². The SMILES string of the molecule is CC(C)C[C@H](C(=O)O)N(C)C1CC(CN2CCC(CCS(=O)(=O)C3CCCCC3)CC2)C(c2cccc(F)c2)C1. The number of hydrogen-bond donors (Lipinski definition) is 1. The number of likely N-dealkylation sites (N-methyl/N-ethyl adjacent to an activating group) is 1. The smallest absolute Gasteiger partial charge is 0.320 e. The van der Waals surface area contributed by atoms with E-state index in [0.717, 1.165) is 83.0 Å². The standard InChI is InChI=1S/C32H51FN2O4S/c1-23(2)18-31(32(36)37)34(3)28-20-26(30(21-28)25-8-7-9-27(33)19-25)22-35-15-12-24(13-16-35)14-17-40(38,39)29-10-5-4-6-11-29/h7-9,19,23-24,26,28-31H,4-6,10-18,20-22H2,1-3H3,(H,36,37)/t26?,28?,30?,31-/m1/s1. The molecule has 3 fully saturated rings. The number of nitrogens with zero attached hydrogens (tertiary/aromatic N) is 2. The van der Waals surface area contributed by atoms with E-state index in [2.05, 4.69) is 23.6 Å². The summed E-state index contributed by atoms with van der Waals surface area (Å²) in [5, 5.41) is 9.84. The molecule has 1 aromatic rings. The van der Waals surface area contributed by atoms with Gasteiger partial charge in [0.2, 0.25) is 0 Å². The van der Waals surface area contributed by atoms with E-state index in [1.807, 2.05) is 13.1 Å². The maximum atomic E-state index is 14.2. The number of carbonyl (C=O) groups is 1. The lowest BCUT2D eigenvalue weighted by atomic mass is 9.87. The summed E-state index contributed by atoms with van der Waals surface area (Å²) >= 11 is 0. The zero-order valence-corrected chi connectivity index (χ0v) is 25.6. The summed E-state index contributed by atoms with van der Waals surface area (Å²) in [6.07, 6.45) is 10.1. The van der Waals surface area contributed by atoms with Crippen LogP contribution in [0.15, 0.2) is 24.3 Å². The number of aliphatic carboxylic acids is 1. The zero-order valence-electron chi connectivity index (χ0n) is 24.8. The van der Waals surface area contributed by atoms with Crippen molar-refractivity contribution in [3.05, 3.63) is 35.6 Å². The molecule has 0 spiro atoms. The summed E-state index contributed by atoms with van der Waals surface area (Å²) in [7, 11) is -1.03. The maximum absolute atomic E-state index is 14.2. The molecular weight excluding hydrogens is 527 g/mol. The second-order valence-electron chi connectivity index (χ2n) is 13.4. The van der Waals surface area contributed by atoms with Crippen molar-refractivity contribution >= 4 is 15.8 Å². The van der Waals surface area contributed by atoms with Gasteiger partial charge in [-0.25, -0.2) is 12.8 Å². The Morgan fingerprint density at radius 2 is 1.80 bits per heavy atom. The molecule has 1 heterocycles. The Labute approximate surface area is 241 Å². The first-order valence-corrected chi connectivity index (χ1v) is 17.4. The largest absolute Gasteiger partial charge is 0.480 e. The minimum Gasteiger partial charge on any atom is -0.480 e. The van der Waals surface area contributed by atoms with Gasteiger partial charge < -0.3 is 10.0 Å². The summed E-state index contributed by atoms with van der Waals surface area (Å²) in [4.78, 5) is 16.7. The molecule has 0 radical (unpaired) electrons. The van der Waals surface area contributed by atoms with Crippen molar-refractivity contribution < 1.29 is 22.7 Å². The summed E-state index contributed by atoms with van der Waals surface area (Å²) in [5.41, 5.74) is 1.01. The van der Waals surface area contributed by atoms with Crippen molar-refractivity contribution in [1.82, 2.24) is 9.80 Å². The van der Waals surface area contributed by atoms with E-state index in [1.165, 1.54) is 12.5 Å². The molecular formula is C32H51FN2O4S. The summed E-state index contributed by atoms with van der Waals surface area (Å²) in [5.74, 6) is 0.611. The molecule has 2 aliphatic carbocycles. The quantitative estimate of drug-likeness (QED) is 0.329. The third-order valence-electron chi connectivity index (χ3n) is 10.1. The molecule has 226 valence electrons. The van der Waals surface area contributed by atoms with Crippen LogP contribution in [-0.2, 0) is 14.6 Å². The van der Waals surface area contributed by atoms with E-state index in [1.54, 1.807) is 12.1 Å². The number of halogens is 1. The predicted octanol–water partition coefficient (Wildman–Crippen LogP) is 5.97. The lowest BCUT2D eigenvalue weighted by Gasteiger charge is -2.35. The lowest BCUT2D eigenvalue weighted by Crippen LogP contribution is -2.45. The highest BCUT2D eigenvalue weighted by molar-refractivity contribution is 7.92. The van der Waals surface area contributed by atoms with Crippen LogP contribution in [0.2, 0.25) is 0 Å². The Bertz CT molecular complexity index is 1070. The van der Waals surface area contributed by atoms with Crippen LogP contribution < -0.4 is 0 Å². The average Bonchev–Trinajstić information content (AvgIpc) is 3.35. The van der Waals surface area contributed by atoms with E-state index in [4.69, 9.17) is 0 Å². The van der Waals surface area contributed by atoms with Gasteiger partial charge in [-0.1, -0.05) is 45.2 Å². The van der Waals surface area contributed by atoms with Gasteiger partial charge in [0.05, 0.1) is 11.0 Å². The minimum absolute atomic E-state index is 0.115. The number of carboxylic acids is 1. The zero-order chi connectivity index (χ0) is 28.9. The first-order valence-electron chi connectivity index (χ1n) is 15.7. The van der Waals surface area contributed by atoms with Gasteiger partial charge in [-0.05, 0) is 113 Å². The van der Waals surface area contributed by atoms with E-state index < -0.39 is 21.8 Å². The molecule has 0 aromatic heterocycles. The Morgan fingerprint density at radius 1 is 1.10 bits per heavy atom. The molecule has 0 bridgehead atoms. The van der Waals surface area contributed by atoms with Gasteiger partial charge in [0, 0.05) is 12.6 Å². The second kappa shape index (κ2) is 14.1. The van der Waals surface area contributed by atoms with Crippen LogP contribution in [0.1, 0.15) is 96.0 Å². The fourth-order valence-electron chi connectivity index (χ4n) is 7.63. The molecule has 1 saturated heterocycles. The number of benzene rings is 1. The highest BCUT2D eigenvalue weighted by Gasteiger charge is 2.41. The Hall–Kier alpha value is -1.51. The molecule has 4 rings (SSSR count). The van der Waals surface area contributed by atoms with Crippen molar-refractivity contribution in [2.75, 3.05) is 32.4 Å². The van der Waals surface area contributed by atoms with Crippen molar-refractivity contribution in [3.8, 4) is 0 Å². The van der Waals surface area contributed by atoms with Crippen LogP contribution in [0.5, 0.6) is 0 Å². The number of rotatable bonds is 12. The normalized spacial score (nSPS) is 26.5. The van der Waals surface area contributed by atoms with Crippen molar-refractivity contribution in [3.63, 3.8) is 0 Å². The van der Waals surface area contributed by atoms with E-state index in [0.29, 0.717) is 29.9 Å². The molecule has 2 saturated carbocycles. The van der Waals surface area contributed by atoms with Gasteiger partial charge in [-0.3, -0.25) is 9.69 Å². The summed E-state index contributed by atoms with van der Waals surface area (Å²) in [6.45, 7) is 6.97. The Balaban J connectivity index is 1.36. The third-order valence-corrected chi connectivity index (χ3v) is 12.4. The molecule has 1 N–H and O–H groups in total. The number of likely N-dealkylation sites (tertiary alicyclic amines) is 1. The molecule has 3 unspecified atom stereocenters. The number of sulfone groups is 1. The number of hydrogen-bond acceptors (Lipinski definition) is 5. The molecule has 1 aliphatic heterocycles. The van der Waals surface area contributed by atoms with Crippen LogP contribution in [0, 0.1) is 23.6 Å². The van der Waals surface area contributed by atoms with Crippen molar-refractivity contribution in [2.24, 2.45) is 17.8 Å². The van der Waals surface area contributed by atoms with Crippen LogP contribution in [0.3, 0.4) is 0 Å². The number of piperidine rings is 1. The van der Waals surface area contributed by atoms with Crippen molar-refractivity contribution in [1.29, 1.82) is 0 Å². The highest BCUT2D eigenvalue weighted by atomic mass is 32.2. The van der Waals surface area contributed by atoms with Crippen LogP contribution in [0.4, 0.5) is 4.39 Å². The van der Waals surface area contributed by atoms with E-state index in [9.17, 15) is 22.7 Å². The molecule has 1 aromatic carbocycles. The van der Waals surface area contributed by atoms with Crippen LogP contribution >= 0.6 is 0 Å². The predicted molar refractivity (Wildman–Crippen MR) is 159 cm³/mol. The van der Waals surface area contributed by atoms with Gasteiger partial charge in [0.1, 0.15) is 11.9 Å². The Kier molecular flexibility index (Phi) is 11.1. The first-order chi connectivity index (χ1) is 19.0. The molecule has 0 amide bonds. The first kappa shape index (κ1) is 31.4. The molecule has 40 heavy (non-hydrogen) atoms. The molecule has 6 nitrogen and oxygen atoms in total. The van der Waals surface area contributed by atoms with Crippen molar-refractivity contribution in [2.45, 2.75) is 108 Å². The number of carboxylic acid groups (broad SMARTS) is 1. The molecule has 8 heteroatoms. The molecule has 3 aliphatic rings. The average molecular weight is 579 g/mol. The van der Waals surface area contributed by atoms with Crippen LogP contribution in [-0.4, -0.2) is 79.1 Å². The molecule has 4 atom stereocenters. The summed E-state index contributed by atoms with van der Waals surface area (Å²) in [6, 6.07) is 6.56. The third kappa shape index (κ3) is 8.28. The maximum Gasteiger partial charge on any atom is 0.320 e. The van der Waals surface area contributed by atoms with E-state index >= 15 is 0 Å². The highest BCUT2D eigenvalue weighted by Crippen LogP contribution is 2.43. The van der Waals surface area contributed by atoms with E-state index in [-0.39, 0.29) is 23.0 Å². The van der Waals surface area contributed by atoms with Gasteiger partial charge in [0.15, 0.2) is 9.84 Å². The van der Waals surface area contributed by atoms with Gasteiger partial charge in [-0.15, -0.1) is 0 Å². The Morgan fingerprint density at radius 3 is 2.42 bits per heavy atom. The van der Waals surface area contributed by atoms with Gasteiger partial charge >= 0.3 is 5.97 Å². The monoisotopic (exact) mass is 578 g/mol. The topological polar surface area (TPSA) is 77.9 Å². The summed E-state index contributed by atoms with van der Waals surface area (Å²) < 4.78 is 40.0. The van der Waals surface area contributed by atoms with Gasteiger partial charge in [0.25, 0.3) is 0 Å².